The number of hydrogen-bond acceptors (Lipinski definition) is 2. The van der Waals surface area contributed by atoms with Gasteiger partial charge in [-0.25, -0.2) is 0 Å². The van der Waals surface area contributed by atoms with Crippen molar-refractivity contribution in [3.05, 3.63) is 18.0 Å². The third-order valence-electron chi connectivity index (χ3n) is 1.47. The lowest BCUT2D eigenvalue weighted by atomic mass is 10.3. The maximum Gasteiger partial charge on any atom is 0.104 e. The van der Waals surface area contributed by atoms with E-state index in [1.807, 2.05) is 19.4 Å². The van der Waals surface area contributed by atoms with Crippen molar-refractivity contribution in [3.63, 3.8) is 0 Å². The second-order valence-corrected chi connectivity index (χ2v) is 2.53. The molecule has 4 heteroatoms. The highest BCUT2D eigenvalue weighted by molar-refractivity contribution is 5.00. The number of nitrogens with two attached hydrogens (primary N) is 1. The van der Waals surface area contributed by atoms with Gasteiger partial charge in [-0.2, -0.15) is 5.10 Å². The lowest BCUT2D eigenvalue weighted by Gasteiger charge is -1.94. The van der Waals surface area contributed by atoms with Gasteiger partial charge in [0.25, 0.3) is 0 Å². The van der Waals surface area contributed by atoms with Crippen LogP contribution in [0.15, 0.2) is 12.4 Å². The molecule has 0 fully saturated rings. The van der Waals surface area contributed by atoms with Gasteiger partial charge in [0.2, 0.25) is 0 Å². The van der Waals surface area contributed by atoms with Gasteiger partial charge in [0.15, 0.2) is 0 Å². The first-order valence-corrected chi connectivity index (χ1v) is 3.73. The number of aliphatic hydroxyl groups is 1. The van der Waals surface area contributed by atoms with Gasteiger partial charge in [-0.15, -0.1) is 0 Å². The standard InChI is InChI=1S/C7H13N3O/c1-10-6-7(5-9-10)4-8-2-3-11/h5-6,8,11H,2-4H2,1H3/p+1. The predicted octanol–water partition coefficient (Wildman–Crippen LogP) is -1.52. The predicted molar refractivity (Wildman–Crippen MR) is 40.8 cm³/mol. The Balaban J connectivity index is 2.27. The van der Waals surface area contributed by atoms with Crippen LogP contribution in [0.25, 0.3) is 0 Å². The van der Waals surface area contributed by atoms with Crippen LogP contribution in [0.5, 0.6) is 0 Å². The highest BCUT2D eigenvalue weighted by atomic mass is 16.3. The summed E-state index contributed by atoms with van der Waals surface area (Å²) in [4.78, 5) is 0. The van der Waals surface area contributed by atoms with Crippen LogP contribution < -0.4 is 5.32 Å². The van der Waals surface area contributed by atoms with E-state index in [1.165, 1.54) is 5.56 Å². The molecule has 62 valence electrons. The summed E-state index contributed by atoms with van der Waals surface area (Å²) in [7, 11) is 1.90. The van der Waals surface area contributed by atoms with E-state index in [2.05, 4.69) is 10.4 Å². The van der Waals surface area contributed by atoms with Crippen molar-refractivity contribution in [2.45, 2.75) is 6.54 Å². The third-order valence-corrected chi connectivity index (χ3v) is 1.47. The number of rotatable bonds is 4. The molecular formula is C7H14N3O+. The number of aryl methyl sites for hydroxylation is 1. The summed E-state index contributed by atoms with van der Waals surface area (Å²) >= 11 is 0. The maximum atomic E-state index is 8.50. The fourth-order valence-corrected chi connectivity index (χ4v) is 0.937. The van der Waals surface area contributed by atoms with E-state index in [0.29, 0.717) is 0 Å². The van der Waals surface area contributed by atoms with Crippen molar-refractivity contribution in [1.29, 1.82) is 0 Å². The minimum atomic E-state index is 0.236. The molecule has 1 aromatic rings. The van der Waals surface area contributed by atoms with Crippen molar-refractivity contribution in [3.8, 4) is 0 Å². The highest BCUT2D eigenvalue weighted by Crippen LogP contribution is 1.90. The van der Waals surface area contributed by atoms with Gasteiger partial charge < -0.3 is 10.4 Å². The van der Waals surface area contributed by atoms with Crippen LogP contribution in [0.2, 0.25) is 0 Å². The molecule has 1 rings (SSSR count). The quantitative estimate of drug-likeness (QED) is 0.520. The molecule has 0 aliphatic rings. The fraction of sp³-hybridized carbons (Fsp3) is 0.571. The van der Waals surface area contributed by atoms with Gasteiger partial charge >= 0.3 is 0 Å². The van der Waals surface area contributed by atoms with E-state index < -0.39 is 0 Å². The molecule has 0 saturated carbocycles. The van der Waals surface area contributed by atoms with Crippen molar-refractivity contribution >= 4 is 0 Å². The lowest BCUT2D eigenvalue weighted by Crippen LogP contribution is -2.83. The average molecular weight is 156 g/mol. The molecule has 0 aliphatic heterocycles. The molecule has 0 radical (unpaired) electrons. The van der Waals surface area contributed by atoms with Crippen molar-refractivity contribution < 1.29 is 10.4 Å². The fourth-order valence-electron chi connectivity index (χ4n) is 0.937. The van der Waals surface area contributed by atoms with E-state index >= 15 is 0 Å². The molecule has 0 spiro atoms. The molecule has 0 saturated heterocycles. The second-order valence-electron chi connectivity index (χ2n) is 2.53. The first-order chi connectivity index (χ1) is 5.33. The monoisotopic (exact) mass is 156 g/mol. The second kappa shape index (κ2) is 4.10. The first-order valence-electron chi connectivity index (χ1n) is 3.73. The molecule has 0 bridgehead atoms. The van der Waals surface area contributed by atoms with E-state index in [1.54, 1.807) is 4.68 Å². The van der Waals surface area contributed by atoms with E-state index in [9.17, 15) is 0 Å². The third kappa shape index (κ3) is 2.69. The zero-order valence-corrected chi connectivity index (χ0v) is 6.70. The molecule has 1 aromatic heterocycles. The van der Waals surface area contributed by atoms with Gasteiger partial charge in [0, 0.05) is 18.8 Å². The summed E-state index contributed by atoms with van der Waals surface area (Å²) in [5.74, 6) is 0. The largest absolute Gasteiger partial charge is 0.391 e. The Hall–Kier alpha value is -0.870. The number of aromatic nitrogens is 2. The summed E-state index contributed by atoms with van der Waals surface area (Å²) in [5, 5.41) is 14.6. The van der Waals surface area contributed by atoms with E-state index in [4.69, 9.17) is 5.11 Å². The molecule has 1 heterocycles. The molecule has 0 amide bonds. The van der Waals surface area contributed by atoms with Crippen LogP contribution in [0.3, 0.4) is 0 Å². The molecule has 0 aliphatic carbocycles. The summed E-state index contributed by atoms with van der Waals surface area (Å²) < 4.78 is 1.78. The van der Waals surface area contributed by atoms with Gasteiger partial charge in [0.1, 0.15) is 6.54 Å². The molecule has 11 heavy (non-hydrogen) atoms. The molecule has 0 atom stereocenters. The van der Waals surface area contributed by atoms with Crippen LogP contribution in [0.1, 0.15) is 5.56 Å². The molecular weight excluding hydrogens is 142 g/mol. The summed E-state index contributed by atoms with van der Waals surface area (Å²) in [6, 6.07) is 0. The normalized spacial score (nSPS) is 10.4. The topological polar surface area (TPSA) is 54.7 Å². The molecule has 0 unspecified atom stereocenters. The Labute approximate surface area is 65.8 Å². The van der Waals surface area contributed by atoms with Crippen LogP contribution >= 0.6 is 0 Å². The Morgan fingerprint density at radius 2 is 2.55 bits per heavy atom. The SMILES string of the molecule is Cn1cc(C[NH2+]CCO)cn1. The zero-order valence-electron chi connectivity index (χ0n) is 6.70. The minimum Gasteiger partial charge on any atom is -0.391 e. The number of nitrogens with zero attached hydrogens (tertiary/aromatic N) is 2. The van der Waals surface area contributed by atoms with E-state index in [-0.39, 0.29) is 6.61 Å². The molecule has 0 aromatic carbocycles. The molecule has 4 nitrogen and oxygen atoms in total. The van der Waals surface area contributed by atoms with Crippen LogP contribution in [-0.4, -0.2) is 28.0 Å². The zero-order chi connectivity index (χ0) is 8.10. The first kappa shape index (κ1) is 8.23. The average Bonchev–Trinajstić information content (AvgIpc) is 2.37. The summed E-state index contributed by atoms with van der Waals surface area (Å²) in [6.45, 7) is 1.89. The Bertz CT molecular complexity index is 209. The Morgan fingerprint density at radius 1 is 1.73 bits per heavy atom. The Kier molecular flexibility index (Phi) is 3.07. The van der Waals surface area contributed by atoms with Crippen molar-refractivity contribution in [2.75, 3.05) is 13.2 Å². The number of aliphatic hydroxyl groups excluding tert-OH is 1. The van der Waals surface area contributed by atoms with Crippen molar-refractivity contribution in [1.82, 2.24) is 9.78 Å². The van der Waals surface area contributed by atoms with Gasteiger partial charge in [-0.1, -0.05) is 0 Å². The van der Waals surface area contributed by atoms with Crippen LogP contribution in [0.4, 0.5) is 0 Å². The van der Waals surface area contributed by atoms with Crippen molar-refractivity contribution in [2.24, 2.45) is 7.05 Å². The summed E-state index contributed by atoms with van der Waals surface area (Å²) in [6.07, 6.45) is 3.82. The maximum absolute atomic E-state index is 8.50. The Morgan fingerprint density at radius 3 is 3.09 bits per heavy atom. The molecule has 3 N–H and O–H groups in total. The van der Waals surface area contributed by atoms with Crippen LogP contribution in [-0.2, 0) is 13.6 Å². The number of hydrogen-bond donors (Lipinski definition) is 2. The highest BCUT2D eigenvalue weighted by Gasteiger charge is 1.96. The lowest BCUT2D eigenvalue weighted by molar-refractivity contribution is -0.671. The minimum absolute atomic E-state index is 0.236. The van der Waals surface area contributed by atoms with Crippen LogP contribution in [0, 0.1) is 0 Å². The number of quaternary nitrogens is 1. The van der Waals surface area contributed by atoms with Gasteiger partial charge in [-0.3, -0.25) is 4.68 Å². The van der Waals surface area contributed by atoms with Gasteiger partial charge in [0.05, 0.1) is 19.3 Å². The summed E-state index contributed by atoms with van der Waals surface area (Å²) in [5.41, 5.74) is 1.20. The van der Waals surface area contributed by atoms with E-state index in [0.717, 1.165) is 13.1 Å². The smallest absolute Gasteiger partial charge is 0.104 e. The van der Waals surface area contributed by atoms with Gasteiger partial charge in [-0.05, 0) is 0 Å².